The predicted octanol–water partition coefficient (Wildman–Crippen LogP) is 3.71. The first-order valence-corrected chi connectivity index (χ1v) is 6.67. The second-order valence-electron chi connectivity index (χ2n) is 5.15. The largest absolute Gasteiger partial charge is 0.375 e. The van der Waals surface area contributed by atoms with Crippen LogP contribution in [-0.2, 0) is 4.74 Å². The summed E-state index contributed by atoms with van der Waals surface area (Å²) in [5.41, 5.74) is 0.00611. The lowest BCUT2D eigenvalue weighted by molar-refractivity contribution is -0.0434. The van der Waals surface area contributed by atoms with Crippen LogP contribution in [0.25, 0.3) is 0 Å². The summed E-state index contributed by atoms with van der Waals surface area (Å²) in [5.74, 6) is 1.35. The molecule has 0 aliphatic rings. The van der Waals surface area contributed by atoms with Crippen LogP contribution in [0, 0.1) is 11.8 Å². The SMILES string of the molecule is CC.CNCCC(C)(C)OCC(C)C(C)C. The summed E-state index contributed by atoms with van der Waals surface area (Å²) in [7, 11) is 1.98. The van der Waals surface area contributed by atoms with Crippen molar-refractivity contribution in [2.24, 2.45) is 11.8 Å². The Bertz CT molecular complexity index is 144. The van der Waals surface area contributed by atoms with Crippen LogP contribution in [0.5, 0.6) is 0 Å². The van der Waals surface area contributed by atoms with E-state index in [-0.39, 0.29) is 5.60 Å². The number of ether oxygens (including phenoxy) is 1. The van der Waals surface area contributed by atoms with Gasteiger partial charge in [0, 0.05) is 0 Å². The van der Waals surface area contributed by atoms with Crippen molar-refractivity contribution >= 4 is 0 Å². The quantitative estimate of drug-likeness (QED) is 0.721. The van der Waals surface area contributed by atoms with Gasteiger partial charge < -0.3 is 10.1 Å². The molecule has 0 bridgehead atoms. The Morgan fingerprint density at radius 1 is 1.12 bits per heavy atom. The normalized spacial score (nSPS) is 13.3. The maximum atomic E-state index is 5.91. The van der Waals surface area contributed by atoms with Gasteiger partial charge in [0.1, 0.15) is 0 Å². The first-order valence-electron chi connectivity index (χ1n) is 6.67. The highest BCUT2D eigenvalue weighted by molar-refractivity contribution is 4.70. The summed E-state index contributed by atoms with van der Waals surface area (Å²) in [6, 6.07) is 0. The average Bonchev–Trinajstić information content (AvgIpc) is 2.26. The molecule has 0 aromatic carbocycles. The molecule has 1 unspecified atom stereocenters. The van der Waals surface area contributed by atoms with Gasteiger partial charge in [-0.2, -0.15) is 0 Å². The van der Waals surface area contributed by atoms with Crippen LogP contribution in [0.4, 0.5) is 0 Å². The standard InChI is InChI=1S/C12H27NO.C2H6/c1-10(2)11(3)9-14-12(4,5)7-8-13-6;1-2/h10-11,13H,7-9H2,1-6H3;1-2H3. The van der Waals surface area contributed by atoms with Crippen LogP contribution in [0.1, 0.15) is 54.9 Å². The van der Waals surface area contributed by atoms with E-state index in [1.807, 2.05) is 20.9 Å². The van der Waals surface area contributed by atoms with E-state index < -0.39 is 0 Å². The first-order chi connectivity index (χ1) is 7.39. The maximum Gasteiger partial charge on any atom is 0.0638 e. The molecule has 0 heterocycles. The minimum Gasteiger partial charge on any atom is -0.375 e. The molecule has 0 aromatic rings. The molecule has 0 aliphatic carbocycles. The molecule has 0 saturated heterocycles. The summed E-state index contributed by atoms with van der Waals surface area (Å²) in [5, 5.41) is 3.15. The fourth-order valence-electron chi connectivity index (χ4n) is 1.05. The average molecular weight is 231 g/mol. The van der Waals surface area contributed by atoms with Gasteiger partial charge >= 0.3 is 0 Å². The van der Waals surface area contributed by atoms with Crippen molar-refractivity contribution < 1.29 is 4.74 Å². The molecule has 16 heavy (non-hydrogen) atoms. The minimum atomic E-state index is 0.00611. The van der Waals surface area contributed by atoms with Crippen molar-refractivity contribution in [1.29, 1.82) is 0 Å². The van der Waals surface area contributed by atoms with E-state index in [0.717, 1.165) is 19.6 Å². The molecule has 2 heteroatoms. The Kier molecular flexibility index (Phi) is 11.5. The number of hydrogen-bond acceptors (Lipinski definition) is 2. The van der Waals surface area contributed by atoms with E-state index in [0.29, 0.717) is 11.8 Å². The maximum absolute atomic E-state index is 5.91. The molecular weight excluding hydrogens is 198 g/mol. The minimum absolute atomic E-state index is 0.00611. The molecule has 0 aliphatic heterocycles. The second-order valence-corrected chi connectivity index (χ2v) is 5.15. The summed E-state index contributed by atoms with van der Waals surface area (Å²) in [4.78, 5) is 0. The third-order valence-corrected chi connectivity index (χ3v) is 2.85. The van der Waals surface area contributed by atoms with Gasteiger partial charge in [-0.25, -0.2) is 0 Å². The van der Waals surface area contributed by atoms with Crippen molar-refractivity contribution in [1.82, 2.24) is 5.32 Å². The monoisotopic (exact) mass is 231 g/mol. The molecule has 1 atom stereocenters. The highest BCUT2D eigenvalue weighted by Crippen LogP contribution is 2.18. The van der Waals surface area contributed by atoms with Crippen molar-refractivity contribution in [2.45, 2.75) is 60.5 Å². The number of hydrogen-bond donors (Lipinski definition) is 1. The highest BCUT2D eigenvalue weighted by Gasteiger charge is 2.19. The van der Waals surface area contributed by atoms with Gasteiger partial charge in [-0.15, -0.1) is 0 Å². The van der Waals surface area contributed by atoms with Gasteiger partial charge in [0.25, 0.3) is 0 Å². The third-order valence-electron chi connectivity index (χ3n) is 2.85. The highest BCUT2D eigenvalue weighted by atomic mass is 16.5. The second kappa shape index (κ2) is 10.1. The van der Waals surface area contributed by atoms with E-state index in [9.17, 15) is 0 Å². The lowest BCUT2D eigenvalue weighted by atomic mass is 9.98. The summed E-state index contributed by atoms with van der Waals surface area (Å²) < 4.78 is 5.91. The first kappa shape index (κ1) is 18.3. The Hall–Kier alpha value is -0.0800. The Balaban J connectivity index is 0. The zero-order valence-corrected chi connectivity index (χ0v) is 12.7. The van der Waals surface area contributed by atoms with Crippen LogP contribution in [0.3, 0.4) is 0 Å². The lowest BCUT2D eigenvalue weighted by Gasteiger charge is -2.28. The molecular formula is C14H33NO. The van der Waals surface area contributed by atoms with Crippen LogP contribution >= 0.6 is 0 Å². The van der Waals surface area contributed by atoms with Gasteiger partial charge in [-0.1, -0.05) is 34.6 Å². The number of nitrogens with one attached hydrogen (secondary N) is 1. The van der Waals surface area contributed by atoms with E-state index in [2.05, 4.69) is 39.9 Å². The van der Waals surface area contributed by atoms with E-state index in [1.165, 1.54) is 0 Å². The van der Waals surface area contributed by atoms with Crippen molar-refractivity contribution in [3.63, 3.8) is 0 Å². The Labute approximate surface area is 103 Å². The van der Waals surface area contributed by atoms with Gasteiger partial charge in [-0.05, 0) is 45.7 Å². The fourth-order valence-corrected chi connectivity index (χ4v) is 1.05. The van der Waals surface area contributed by atoms with Gasteiger partial charge in [0.2, 0.25) is 0 Å². The molecule has 0 rings (SSSR count). The van der Waals surface area contributed by atoms with Crippen molar-refractivity contribution in [2.75, 3.05) is 20.2 Å². The molecule has 0 spiro atoms. The van der Waals surface area contributed by atoms with Crippen LogP contribution in [-0.4, -0.2) is 25.8 Å². The van der Waals surface area contributed by atoms with E-state index in [1.54, 1.807) is 0 Å². The Morgan fingerprint density at radius 2 is 1.62 bits per heavy atom. The fraction of sp³-hybridized carbons (Fsp3) is 1.00. The molecule has 0 aromatic heterocycles. The zero-order valence-electron chi connectivity index (χ0n) is 12.7. The summed E-state index contributed by atoms with van der Waals surface area (Å²) >= 11 is 0. The van der Waals surface area contributed by atoms with Gasteiger partial charge in [0.05, 0.1) is 12.2 Å². The van der Waals surface area contributed by atoms with Crippen molar-refractivity contribution in [3.05, 3.63) is 0 Å². The topological polar surface area (TPSA) is 21.3 Å². The summed E-state index contributed by atoms with van der Waals surface area (Å²) in [6.07, 6.45) is 1.06. The van der Waals surface area contributed by atoms with Gasteiger partial charge in [-0.3, -0.25) is 0 Å². The van der Waals surface area contributed by atoms with E-state index >= 15 is 0 Å². The van der Waals surface area contributed by atoms with Crippen LogP contribution in [0.15, 0.2) is 0 Å². The van der Waals surface area contributed by atoms with Gasteiger partial charge in [0.15, 0.2) is 0 Å². The molecule has 0 fully saturated rings. The number of rotatable bonds is 7. The molecule has 0 radical (unpaired) electrons. The van der Waals surface area contributed by atoms with Crippen LogP contribution < -0.4 is 5.32 Å². The van der Waals surface area contributed by atoms with Crippen molar-refractivity contribution in [3.8, 4) is 0 Å². The lowest BCUT2D eigenvalue weighted by Crippen LogP contribution is -2.31. The van der Waals surface area contributed by atoms with E-state index in [4.69, 9.17) is 4.74 Å². The third kappa shape index (κ3) is 10.4. The van der Waals surface area contributed by atoms with Crippen LogP contribution in [0.2, 0.25) is 0 Å². The molecule has 100 valence electrons. The molecule has 0 saturated carbocycles. The summed E-state index contributed by atoms with van der Waals surface area (Å²) in [6.45, 7) is 17.0. The molecule has 0 amide bonds. The smallest absolute Gasteiger partial charge is 0.0638 e. The zero-order chi connectivity index (χ0) is 13.2. The molecule has 1 N–H and O–H groups in total. The Morgan fingerprint density at radius 3 is 2.00 bits per heavy atom. The molecule has 2 nitrogen and oxygen atoms in total. The predicted molar refractivity (Wildman–Crippen MR) is 73.9 cm³/mol.